The second-order valence-electron chi connectivity index (χ2n) is 4.96. The molecule has 0 unspecified atom stereocenters. The van der Waals surface area contributed by atoms with Crippen LogP contribution < -0.4 is 10.7 Å². The highest BCUT2D eigenvalue weighted by Crippen LogP contribution is 2.20. The number of carbonyl (C=O) groups excluding carboxylic acids is 2. The van der Waals surface area contributed by atoms with E-state index in [1.807, 2.05) is 13.0 Å². The summed E-state index contributed by atoms with van der Waals surface area (Å²) in [6.45, 7) is 2.25. The van der Waals surface area contributed by atoms with Crippen LogP contribution in [0, 0.1) is 6.92 Å². The standard InChI is InChI=1S/C13H15N5O3/c1-7-3-4-11(21-7)8-5-9(16-15-8)12(19)14-10-6-18(2)17-13(10)20/h3-5,10H,6H2,1-2H3,(H,14,19)(H,15,16)(H,17,20)/t10-/m0/s1. The Morgan fingerprint density at radius 2 is 2.33 bits per heavy atom. The largest absolute Gasteiger partial charge is 0.460 e. The lowest BCUT2D eigenvalue weighted by Crippen LogP contribution is -2.41. The molecule has 0 aromatic carbocycles. The molecule has 1 saturated heterocycles. The van der Waals surface area contributed by atoms with Crippen LogP contribution in [0.3, 0.4) is 0 Å². The maximum atomic E-state index is 12.1. The highest BCUT2D eigenvalue weighted by molar-refractivity contribution is 5.97. The van der Waals surface area contributed by atoms with E-state index < -0.39 is 11.9 Å². The van der Waals surface area contributed by atoms with Crippen molar-refractivity contribution in [3.63, 3.8) is 0 Å². The van der Waals surface area contributed by atoms with Crippen molar-refractivity contribution >= 4 is 11.8 Å². The van der Waals surface area contributed by atoms with E-state index in [9.17, 15) is 9.59 Å². The molecule has 0 spiro atoms. The summed E-state index contributed by atoms with van der Waals surface area (Å²) in [6.07, 6.45) is 0. The van der Waals surface area contributed by atoms with Gasteiger partial charge in [-0.1, -0.05) is 0 Å². The summed E-state index contributed by atoms with van der Waals surface area (Å²) in [5.41, 5.74) is 3.42. The van der Waals surface area contributed by atoms with Gasteiger partial charge in [-0.05, 0) is 19.1 Å². The van der Waals surface area contributed by atoms with Crippen molar-refractivity contribution in [2.45, 2.75) is 13.0 Å². The van der Waals surface area contributed by atoms with Crippen LogP contribution in [0.2, 0.25) is 0 Å². The number of furan rings is 1. The van der Waals surface area contributed by atoms with Gasteiger partial charge in [0.15, 0.2) is 11.5 Å². The molecule has 0 saturated carbocycles. The lowest BCUT2D eigenvalue weighted by molar-refractivity contribution is -0.122. The van der Waals surface area contributed by atoms with Crippen molar-refractivity contribution < 1.29 is 14.0 Å². The number of nitrogens with zero attached hydrogens (tertiary/aromatic N) is 2. The molecule has 3 N–H and O–H groups in total. The number of nitrogens with one attached hydrogen (secondary N) is 3. The van der Waals surface area contributed by atoms with Crippen LogP contribution in [-0.4, -0.2) is 46.7 Å². The van der Waals surface area contributed by atoms with Crippen LogP contribution in [-0.2, 0) is 4.79 Å². The number of aryl methyl sites for hydroxylation is 1. The van der Waals surface area contributed by atoms with E-state index in [0.717, 1.165) is 5.76 Å². The number of H-pyrrole nitrogens is 1. The molecule has 1 aliphatic rings. The van der Waals surface area contributed by atoms with Gasteiger partial charge in [-0.15, -0.1) is 0 Å². The van der Waals surface area contributed by atoms with Crippen molar-refractivity contribution in [2.24, 2.45) is 0 Å². The van der Waals surface area contributed by atoms with E-state index in [2.05, 4.69) is 20.9 Å². The Balaban J connectivity index is 1.71. The minimum Gasteiger partial charge on any atom is -0.460 e. The fourth-order valence-electron chi connectivity index (χ4n) is 2.16. The molecule has 3 rings (SSSR count). The van der Waals surface area contributed by atoms with Gasteiger partial charge < -0.3 is 9.73 Å². The van der Waals surface area contributed by atoms with E-state index in [1.54, 1.807) is 24.2 Å². The quantitative estimate of drug-likeness (QED) is 0.741. The highest BCUT2D eigenvalue weighted by Gasteiger charge is 2.30. The molecule has 1 aliphatic heterocycles. The maximum absolute atomic E-state index is 12.1. The second kappa shape index (κ2) is 5.06. The number of carbonyl (C=O) groups is 2. The summed E-state index contributed by atoms with van der Waals surface area (Å²) < 4.78 is 5.45. The zero-order valence-electron chi connectivity index (χ0n) is 11.6. The van der Waals surface area contributed by atoms with Crippen molar-refractivity contribution in [1.29, 1.82) is 0 Å². The van der Waals surface area contributed by atoms with Crippen molar-refractivity contribution in [3.05, 3.63) is 29.7 Å². The third kappa shape index (κ3) is 2.65. The van der Waals surface area contributed by atoms with Gasteiger partial charge >= 0.3 is 0 Å². The van der Waals surface area contributed by atoms with Gasteiger partial charge in [-0.2, -0.15) is 5.10 Å². The molecule has 8 heteroatoms. The Hall–Kier alpha value is -2.61. The SMILES string of the molecule is Cc1ccc(-c2cc(C(=O)N[C@H]3CN(C)NC3=O)n[nH]2)o1. The molecule has 0 bridgehead atoms. The minimum atomic E-state index is -0.575. The molecule has 2 aromatic heterocycles. The Morgan fingerprint density at radius 1 is 1.52 bits per heavy atom. The number of hydrazine groups is 1. The minimum absolute atomic E-state index is 0.210. The number of aromatic amines is 1. The predicted octanol–water partition coefficient (Wildman–Crippen LogP) is 0.0531. The molecule has 1 fully saturated rings. The molecule has 2 amide bonds. The van der Waals surface area contributed by atoms with Gasteiger partial charge in [0, 0.05) is 19.7 Å². The Kier molecular flexibility index (Phi) is 3.22. The first-order chi connectivity index (χ1) is 10.0. The van der Waals surface area contributed by atoms with E-state index in [-0.39, 0.29) is 11.6 Å². The lowest BCUT2D eigenvalue weighted by atomic mass is 10.2. The molecule has 21 heavy (non-hydrogen) atoms. The van der Waals surface area contributed by atoms with Gasteiger partial charge in [0.25, 0.3) is 11.8 Å². The fourth-order valence-corrected chi connectivity index (χ4v) is 2.16. The molecule has 2 aromatic rings. The summed E-state index contributed by atoms with van der Waals surface area (Å²) in [5, 5.41) is 11.0. The smallest absolute Gasteiger partial charge is 0.272 e. The molecule has 1 atom stereocenters. The van der Waals surface area contributed by atoms with Crippen molar-refractivity contribution in [3.8, 4) is 11.5 Å². The second-order valence-corrected chi connectivity index (χ2v) is 4.96. The average Bonchev–Trinajstić information content (AvgIpc) is 3.11. The van der Waals surface area contributed by atoms with Crippen molar-refractivity contribution in [1.82, 2.24) is 25.9 Å². The number of likely N-dealkylation sites (N-methyl/N-ethyl adjacent to an activating group) is 1. The van der Waals surface area contributed by atoms with Crippen molar-refractivity contribution in [2.75, 3.05) is 13.6 Å². The monoisotopic (exact) mass is 289 g/mol. The van der Waals surface area contributed by atoms with Gasteiger partial charge in [0.2, 0.25) is 0 Å². The normalized spacial score (nSPS) is 18.8. The predicted molar refractivity (Wildman–Crippen MR) is 73.1 cm³/mol. The Morgan fingerprint density at radius 3 is 2.95 bits per heavy atom. The Bertz CT molecular complexity index is 690. The van der Waals surface area contributed by atoms with Crippen LogP contribution in [0.1, 0.15) is 16.2 Å². The van der Waals surface area contributed by atoms with E-state index in [4.69, 9.17) is 4.42 Å². The van der Waals surface area contributed by atoms with Crippen LogP contribution in [0.4, 0.5) is 0 Å². The lowest BCUT2D eigenvalue weighted by Gasteiger charge is -2.07. The third-order valence-corrected chi connectivity index (χ3v) is 3.20. The van der Waals surface area contributed by atoms with Gasteiger partial charge in [0.05, 0.1) is 0 Å². The maximum Gasteiger partial charge on any atom is 0.272 e. The number of amides is 2. The highest BCUT2D eigenvalue weighted by atomic mass is 16.3. The molecule has 0 radical (unpaired) electrons. The number of hydrogen-bond acceptors (Lipinski definition) is 5. The molecular formula is C13H15N5O3. The first-order valence-electron chi connectivity index (χ1n) is 6.47. The van der Waals surface area contributed by atoms with Crippen LogP contribution in [0.25, 0.3) is 11.5 Å². The molecular weight excluding hydrogens is 274 g/mol. The van der Waals surface area contributed by atoms with E-state index in [1.165, 1.54) is 0 Å². The van der Waals surface area contributed by atoms with Gasteiger partial charge in [-0.3, -0.25) is 20.1 Å². The molecule has 3 heterocycles. The van der Waals surface area contributed by atoms with E-state index >= 15 is 0 Å². The summed E-state index contributed by atoms with van der Waals surface area (Å²) >= 11 is 0. The summed E-state index contributed by atoms with van der Waals surface area (Å²) in [7, 11) is 1.73. The molecule has 110 valence electrons. The van der Waals surface area contributed by atoms with E-state index in [0.29, 0.717) is 18.0 Å². The first kappa shape index (κ1) is 13.4. The summed E-state index contributed by atoms with van der Waals surface area (Å²) in [5.74, 6) is 0.744. The fraction of sp³-hybridized carbons (Fsp3) is 0.308. The molecule has 8 nitrogen and oxygen atoms in total. The number of rotatable bonds is 3. The zero-order chi connectivity index (χ0) is 15.0. The van der Waals surface area contributed by atoms with Gasteiger partial charge in [-0.25, -0.2) is 5.01 Å². The van der Waals surface area contributed by atoms with Crippen LogP contribution in [0.5, 0.6) is 0 Å². The Labute approximate surface area is 120 Å². The number of hydrogen-bond donors (Lipinski definition) is 3. The third-order valence-electron chi connectivity index (χ3n) is 3.20. The summed E-state index contributed by atoms with van der Waals surface area (Å²) in [6, 6.07) is 4.64. The average molecular weight is 289 g/mol. The van der Waals surface area contributed by atoms with Crippen LogP contribution in [0.15, 0.2) is 22.6 Å². The van der Waals surface area contributed by atoms with Crippen LogP contribution >= 0.6 is 0 Å². The summed E-state index contributed by atoms with van der Waals surface area (Å²) in [4.78, 5) is 23.7. The zero-order valence-corrected chi connectivity index (χ0v) is 11.6. The van der Waals surface area contributed by atoms with Gasteiger partial charge in [0.1, 0.15) is 17.5 Å². The topological polar surface area (TPSA) is 103 Å². The number of aromatic nitrogens is 2. The first-order valence-corrected chi connectivity index (χ1v) is 6.47. The molecule has 0 aliphatic carbocycles.